The molecule has 0 heterocycles. The Morgan fingerprint density at radius 3 is 2.32 bits per heavy atom. The highest BCUT2D eigenvalue weighted by Crippen LogP contribution is 2.19. The zero-order valence-electron chi connectivity index (χ0n) is 16.8. The largest absolute Gasteiger partial charge is 0.489 e. The Labute approximate surface area is 166 Å². The molecule has 2 N–H and O–H groups in total. The van der Waals surface area contributed by atoms with Gasteiger partial charge in [0.15, 0.2) is 0 Å². The summed E-state index contributed by atoms with van der Waals surface area (Å²) in [6, 6.07) is 16.7. The average molecular weight is 384 g/mol. The number of hydrogen-bond donors (Lipinski definition) is 2. The highest BCUT2D eigenvalue weighted by Gasteiger charge is 2.21. The number of hydrogen-bond acceptors (Lipinski definition) is 4. The molecule has 0 bridgehead atoms. The van der Waals surface area contributed by atoms with Gasteiger partial charge in [-0.2, -0.15) is 0 Å². The SMILES string of the molecule is C[C@@H](NC(=O)OC(C)(C)C)C(=O)NCc1ccccc1OCc1ccccc1. The van der Waals surface area contributed by atoms with Gasteiger partial charge in [0.05, 0.1) is 0 Å². The van der Waals surface area contributed by atoms with Crippen LogP contribution in [0.3, 0.4) is 0 Å². The normalized spacial score (nSPS) is 12.0. The molecule has 0 aliphatic carbocycles. The van der Waals surface area contributed by atoms with Crippen molar-refractivity contribution in [2.75, 3.05) is 0 Å². The first-order chi connectivity index (χ1) is 13.2. The van der Waals surface area contributed by atoms with Crippen LogP contribution in [-0.4, -0.2) is 23.6 Å². The number of ether oxygens (including phenoxy) is 2. The summed E-state index contributed by atoms with van der Waals surface area (Å²) >= 11 is 0. The minimum Gasteiger partial charge on any atom is -0.489 e. The maximum absolute atomic E-state index is 12.3. The highest BCUT2D eigenvalue weighted by molar-refractivity contribution is 5.85. The summed E-state index contributed by atoms with van der Waals surface area (Å²) in [6.07, 6.45) is -0.623. The van der Waals surface area contributed by atoms with Gasteiger partial charge >= 0.3 is 6.09 Å². The first kappa shape index (κ1) is 21.3. The van der Waals surface area contributed by atoms with Gasteiger partial charge in [-0.05, 0) is 39.3 Å². The van der Waals surface area contributed by atoms with E-state index in [4.69, 9.17) is 9.47 Å². The maximum Gasteiger partial charge on any atom is 0.408 e. The molecule has 0 radical (unpaired) electrons. The Kier molecular flexibility index (Phi) is 7.44. The van der Waals surface area contributed by atoms with Crippen LogP contribution in [0.15, 0.2) is 54.6 Å². The molecule has 2 aromatic carbocycles. The summed E-state index contributed by atoms with van der Waals surface area (Å²) in [4.78, 5) is 24.1. The molecule has 0 aliphatic heterocycles. The van der Waals surface area contributed by atoms with Crippen LogP contribution in [-0.2, 0) is 22.7 Å². The minimum absolute atomic E-state index is 0.296. The van der Waals surface area contributed by atoms with Crippen LogP contribution in [0.4, 0.5) is 4.79 Å². The van der Waals surface area contributed by atoms with Gasteiger partial charge < -0.3 is 20.1 Å². The van der Waals surface area contributed by atoms with Crippen molar-refractivity contribution in [2.45, 2.75) is 52.5 Å². The van der Waals surface area contributed by atoms with Crippen LogP contribution in [0.5, 0.6) is 5.75 Å². The van der Waals surface area contributed by atoms with Crippen LogP contribution in [0.25, 0.3) is 0 Å². The van der Waals surface area contributed by atoms with Gasteiger partial charge in [-0.1, -0.05) is 48.5 Å². The third-order valence-electron chi connectivity index (χ3n) is 3.79. The predicted octanol–water partition coefficient (Wildman–Crippen LogP) is 3.80. The summed E-state index contributed by atoms with van der Waals surface area (Å²) in [5.74, 6) is 0.406. The number of rotatable bonds is 7. The van der Waals surface area contributed by atoms with E-state index >= 15 is 0 Å². The number of para-hydroxylation sites is 1. The van der Waals surface area contributed by atoms with E-state index in [-0.39, 0.29) is 5.91 Å². The van der Waals surface area contributed by atoms with Crippen molar-refractivity contribution in [2.24, 2.45) is 0 Å². The first-order valence-electron chi connectivity index (χ1n) is 9.26. The second-order valence-electron chi connectivity index (χ2n) is 7.47. The monoisotopic (exact) mass is 384 g/mol. The zero-order valence-corrected chi connectivity index (χ0v) is 16.8. The number of carbonyl (C=O) groups is 2. The first-order valence-corrected chi connectivity index (χ1v) is 9.26. The van der Waals surface area contributed by atoms with Crippen molar-refractivity contribution in [1.82, 2.24) is 10.6 Å². The molecule has 0 saturated heterocycles. The van der Waals surface area contributed by atoms with Crippen molar-refractivity contribution in [3.8, 4) is 5.75 Å². The summed E-state index contributed by atoms with van der Waals surface area (Å²) in [5, 5.41) is 5.35. The summed E-state index contributed by atoms with van der Waals surface area (Å²) in [6.45, 7) is 7.65. The number of amides is 2. The molecule has 2 aromatic rings. The molecule has 0 saturated carbocycles. The van der Waals surface area contributed by atoms with Crippen molar-refractivity contribution < 1.29 is 19.1 Å². The van der Waals surface area contributed by atoms with Crippen LogP contribution in [0, 0.1) is 0 Å². The molecule has 0 unspecified atom stereocenters. The van der Waals surface area contributed by atoms with Crippen molar-refractivity contribution in [1.29, 1.82) is 0 Å². The second-order valence-corrected chi connectivity index (χ2v) is 7.47. The van der Waals surface area contributed by atoms with E-state index in [9.17, 15) is 9.59 Å². The van der Waals surface area contributed by atoms with Gasteiger partial charge in [-0.25, -0.2) is 4.79 Å². The van der Waals surface area contributed by atoms with E-state index in [1.807, 2.05) is 54.6 Å². The van der Waals surface area contributed by atoms with Crippen molar-refractivity contribution >= 4 is 12.0 Å². The lowest BCUT2D eigenvalue weighted by Gasteiger charge is -2.21. The summed E-state index contributed by atoms with van der Waals surface area (Å²) < 4.78 is 11.1. The van der Waals surface area contributed by atoms with E-state index in [0.29, 0.717) is 18.9 Å². The van der Waals surface area contributed by atoms with Gasteiger partial charge in [0.25, 0.3) is 0 Å². The number of carbonyl (C=O) groups excluding carboxylic acids is 2. The quantitative estimate of drug-likeness (QED) is 0.761. The smallest absolute Gasteiger partial charge is 0.408 e. The molecule has 28 heavy (non-hydrogen) atoms. The third kappa shape index (κ3) is 7.31. The fourth-order valence-electron chi connectivity index (χ4n) is 2.41. The van der Waals surface area contributed by atoms with E-state index in [1.54, 1.807) is 27.7 Å². The Hall–Kier alpha value is -3.02. The molecular weight excluding hydrogens is 356 g/mol. The molecule has 0 spiro atoms. The number of benzene rings is 2. The topological polar surface area (TPSA) is 76.7 Å². The lowest BCUT2D eigenvalue weighted by Crippen LogP contribution is -2.46. The molecule has 150 valence electrons. The summed E-state index contributed by atoms with van der Waals surface area (Å²) in [5.41, 5.74) is 1.31. The fraction of sp³-hybridized carbons (Fsp3) is 0.364. The molecule has 6 heteroatoms. The summed E-state index contributed by atoms with van der Waals surface area (Å²) in [7, 11) is 0. The van der Waals surface area contributed by atoms with Gasteiger partial charge in [0, 0.05) is 12.1 Å². The number of alkyl carbamates (subject to hydrolysis) is 1. The van der Waals surface area contributed by atoms with Crippen LogP contribution >= 0.6 is 0 Å². The molecule has 2 rings (SSSR count). The Balaban J connectivity index is 1.88. The molecule has 0 aliphatic rings. The molecule has 2 amide bonds. The van der Waals surface area contributed by atoms with Gasteiger partial charge in [-0.15, -0.1) is 0 Å². The molecular formula is C22H28N2O4. The number of nitrogens with one attached hydrogen (secondary N) is 2. The Morgan fingerprint density at radius 1 is 1.00 bits per heavy atom. The lowest BCUT2D eigenvalue weighted by atomic mass is 10.2. The average Bonchev–Trinajstić information content (AvgIpc) is 2.64. The fourth-order valence-corrected chi connectivity index (χ4v) is 2.41. The lowest BCUT2D eigenvalue weighted by molar-refractivity contribution is -0.122. The van der Waals surface area contributed by atoms with Gasteiger partial charge in [-0.3, -0.25) is 4.79 Å². The highest BCUT2D eigenvalue weighted by atomic mass is 16.6. The standard InChI is InChI=1S/C22H28N2O4/c1-16(24-21(26)28-22(2,3)4)20(25)23-14-18-12-8-9-13-19(18)27-15-17-10-6-5-7-11-17/h5-13,16H,14-15H2,1-4H3,(H,23,25)(H,24,26)/t16-/m1/s1. The predicted molar refractivity (Wildman–Crippen MR) is 108 cm³/mol. The molecule has 0 aromatic heterocycles. The van der Waals surface area contributed by atoms with Crippen LogP contribution in [0.2, 0.25) is 0 Å². The van der Waals surface area contributed by atoms with E-state index < -0.39 is 17.7 Å². The molecule has 1 atom stereocenters. The van der Waals surface area contributed by atoms with Crippen molar-refractivity contribution in [3.63, 3.8) is 0 Å². The van der Waals surface area contributed by atoms with Gasteiger partial charge in [0.1, 0.15) is 24.0 Å². The van der Waals surface area contributed by atoms with E-state index in [0.717, 1.165) is 11.1 Å². The minimum atomic E-state index is -0.716. The Morgan fingerprint density at radius 2 is 1.64 bits per heavy atom. The Bertz CT molecular complexity index is 785. The third-order valence-corrected chi connectivity index (χ3v) is 3.79. The van der Waals surface area contributed by atoms with Crippen LogP contribution in [0.1, 0.15) is 38.8 Å². The second kappa shape index (κ2) is 9.78. The maximum atomic E-state index is 12.3. The van der Waals surface area contributed by atoms with Crippen molar-refractivity contribution in [3.05, 3.63) is 65.7 Å². The van der Waals surface area contributed by atoms with Crippen LogP contribution < -0.4 is 15.4 Å². The van der Waals surface area contributed by atoms with E-state index in [1.165, 1.54) is 0 Å². The molecule has 6 nitrogen and oxygen atoms in total. The van der Waals surface area contributed by atoms with E-state index in [2.05, 4.69) is 10.6 Å². The van der Waals surface area contributed by atoms with Gasteiger partial charge in [0.2, 0.25) is 5.91 Å². The molecule has 0 fully saturated rings. The zero-order chi connectivity index (χ0) is 20.6.